The fraction of sp³-hybridized carbons (Fsp3) is 0.944. The first kappa shape index (κ1) is 14.0. The molecule has 4 fully saturated rings. The highest BCUT2D eigenvalue weighted by Crippen LogP contribution is 2.59. The predicted molar refractivity (Wildman–Crippen MR) is 78.3 cm³/mol. The van der Waals surface area contributed by atoms with Crippen LogP contribution in [0.5, 0.6) is 0 Å². The molecule has 7 unspecified atom stereocenters. The van der Waals surface area contributed by atoms with E-state index < -0.39 is 12.1 Å². The number of hydrogen-bond donors (Lipinski definition) is 0. The maximum atomic E-state index is 14.9. The zero-order valence-electron chi connectivity index (χ0n) is 13.0. The monoisotopic (exact) mass is 294 g/mol. The molecule has 0 radical (unpaired) electrons. The lowest BCUT2D eigenvalue weighted by molar-refractivity contribution is -0.152. The lowest BCUT2D eigenvalue weighted by Gasteiger charge is -2.39. The second-order valence-corrected chi connectivity index (χ2v) is 8.18. The Hall–Kier alpha value is -0.600. The molecule has 2 nitrogen and oxygen atoms in total. The number of carbonyl (C=O) groups is 1. The summed E-state index contributed by atoms with van der Waals surface area (Å²) in [6.07, 6.45) is 8.72. The van der Waals surface area contributed by atoms with E-state index in [4.69, 9.17) is 4.74 Å². The smallest absolute Gasteiger partial charge is 0.340 e. The highest BCUT2D eigenvalue weighted by molar-refractivity contribution is 5.74. The molecule has 0 heterocycles. The Morgan fingerprint density at radius 1 is 0.952 bits per heavy atom. The summed E-state index contributed by atoms with van der Waals surface area (Å²) in [6.45, 7) is 0. The van der Waals surface area contributed by atoms with Crippen LogP contribution < -0.4 is 0 Å². The number of carbonyl (C=O) groups excluding carboxylic acids is 1. The van der Waals surface area contributed by atoms with Gasteiger partial charge in [-0.1, -0.05) is 12.8 Å². The molecule has 4 aliphatic carbocycles. The van der Waals surface area contributed by atoms with E-state index in [2.05, 4.69) is 0 Å². The fourth-order valence-corrected chi connectivity index (χ4v) is 6.55. The van der Waals surface area contributed by atoms with Gasteiger partial charge in [0.25, 0.3) is 0 Å². The van der Waals surface area contributed by atoms with E-state index in [1.165, 1.54) is 58.5 Å². The van der Waals surface area contributed by atoms with Crippen molar-refractivity contribution in [1.29, 1.82) is 0 Å². The van der Waals surface area contributed by atoms with Crippen LogP contribution >= 0.6 is 0 Å². The maximum absolute atomic E-state index is 14.9. The zero-order valence-corrected chi connectivity index (χ0v) is 13.0. The molecule has 4 rings (SSSR count). The summed E-state index contributed by atoms with van der Waals surface area (Å²) in [5.41, 5.74) is 0. The third kappa shape index (κ3) is 2.22. The minimum Gasteiger partial charge on any atom is -0.467 e. The number of halogens is 1. The van der Waals surface area contributed by atoms with Crippen molar-refractivity contribution >= 4 is 5.97 Å². The topological polar surface area (TPSA) is 26.3 Å². The van der Waals surface area contributed by atoms with Crippen molar-refractivity contribution < 1.29 is 13.9 Å². The van der Waals surface area contributed by atoms with Crippen LogP contribution in [0.2, 0.25) is 0 Å². The van der Waals surface area contributed by atoms with Gasteiger partial charge in [0.15, 0.2) is 0 Å². The van der Waals surface area contributed by atoms with E-state index in [0.29, 0.717) is 23.7 Å². The summed E-state index contributed by atoms with van der Waals surface area (Å²) in [7, 11) is 1.33. The molecule has 4 saturated carbocycles. The molecule has 0 N–H and O–H groups in total. The van der Waals surface area contributed by atoms with Crippen LogP contribution in [-0.4, -0.2) is 19.3 Å². The molecule has 0 aromatic heterocycles. The Bertz CT molecular complexity index is 395. The van der Waals surface area contributed by atoms with Crippen LogP contribution in [0.1, 0.15) is 51.4 Å². The van der Waals surface area contributed by atoms with Crippen LogP contribution in [0.4, 0.5) is 4.39 Å². The lowest BCUT2D eigenvalue weighted by Crippen LogP contribution is -2.41. The number of alkyl halides is 1. The Morgan fingerprint density at radius 2 is 1.48 bits per heavy atom. The normalized spacial score (nSPS) is 46.8. The largest absolute Gasteiger partial charge is 0.467 e. The van der Waals surface area contributed by atoms with Crippen molar-refractivity contribution in [2.75, 3.05) is 7.11 Å². The third-order valence-electron chi connectivity index (χ3n) is 7.34. The van der Waals surface area contributed by atoms with Crippen molar-refractivity contribution in [2.45, 2.75) is 57.5 Å². The molecule has 21 heavy (non-hydrogen) atoms. The van der Waals surface area contributed by atoms with E-state index in [1.54, 1.807) is 0 Å². The molecule has 4 aliphatic rings. The Labute approximate surface area is 126 Å². The molecule has 0 aliphatic heterocycles. The molecule has 118 valence electrons. The summed E-state index contributed by atoms with van der Waals surface area (Å²) >= 11 is 0. The van der Waals surface area contributed by atoms with E-state index >= 15 is 0 Å². The van der Waals surface area contributed by atoms with E-state index in [-0.39, 0.29) is 5.92 Å². The van der Waals surface area contributed by atoms with Gasteiger partial charge in [-0.3, -0.25) is 0 Å². The van der Waals surface area contributed by atoms with Crippen LogP contribution in [0, 0.1) is 41.4 Å². The third-order valence-corrected chi connectivity index (χ3v) is 7.34. The minimum atomic E-state index is -1.39. The highest BCUT2D eigenvalue weighted by Gasteiger charge is 2.54. The average molecular weight is 294 g/mol. The molecule has 7 atom stereocenters. The second-order valence-electron chi connectivity index (χ2n) is 8.18. The predicted octanol–water partition coefficient (Wildman–Crippen LogP) is 3.99. The van der Waals surface area contributed by atoms with Crippen LogP contribution in [0.25, 0.3) is 0 Å². The van der Waals surface area contributed by atoms with Gasteiger partial charge in [0, 0.05) is 5.92 Å². The van der Waals surface area contributed by atoms with Gasteiger partial charge in [-0.2, -0.15) is 0 Å². The Kier molecular flexibility index (Phi) is 3.50. The summed E-state index contributed by atoms with van der Waals surface area (Å²) in [5.74, 6) is 3.21. The highest BCUT2D eigenvalue weighted by atomic mass is 19.1. The van der Waals surface area contributed by atoms with Crippen LogP contribution in [0.3, 0.4) is 0 Å². The maximum Gasteiger partial charge on any atom is 0.340 e. The lowest BCUT2D eigenvalue weighted by atomic mass is 9.67. The Balaban J connectivity index is 1.58. The molecule has 4 bridgehead atoms. The van der Waals surface area contributed by atoms with Crippen molar-refractivity contribution in [3.05, 3.63) is 0 Å². The SMILES string of the molecule is COC(=O)C(F)C(C1CC2CCC1C2)C1CC2CCC1C2. The van der Waals surface area contributed by atoms with E-state index in [0.717, 1.165) is 11.8 Å². The number of methoxy groups -OCH3 is 1. The van der Waals surface area contributed by atoms with Gasteiger partial charge in [0.05, 0.1) is 7.11 Å². The first-order valence-corrected chi connectivity index (χ1v) is 8.89. The quantitative estimate of drug-likeness (QED) is 0.733. The van der Waals surface area contributed by atoms with Gasteiger partial charge in [-0.05, 0) is 74.0 Å². The molecule has 0 saturated heterocycles. The zero-order chi connectivity index (χ0) is 14.6. The first-order chi connectivity index (χ1) is 10.2. The van der Waals surface area contributed by atoms with Gasteiger partial charge in [-0.25, -0.2) is 9.18 Å². The van der Waals surface area contributed by atoms with Crippen LogP contribution in [0.15, 0.2) is 0 Å². The van der Waals surface area contributed by atoms with Gasteiger partial charge in [0.2, 0.25) is 6.17 Å². The van der Waals surface area contributed by atoms with E-state index in [1.807, 2.05) is 0 Å². The first-order valence-electron chi connectivity index (χ1n) is 8.89. The van der Waals surface area contributed by atoms with Crippen LogP contribution in [-0.2, 0) is 9.53 Å². The van der Waals surface area contributed by atoms with Crippen molar-refractivity contribution in [3.8, 4) is 0 Å². The fourth-order valence-electron chi connectivity index (χ4n) is 6.55. The number of esters is 1. The molecular weight excluding hydrogens is 267 g/mol. The second kappa shape index (κ2) is 5.24. The van der Waals surface area contributed by atoms with Gasteiger partial charge < -0.3 is 4.74 Å². The molecule has 0 amide bonds. The molecule has 0 spiro atoms. The van der Waals surface area contributed by atoms with Gasteiger partial charge in [0.1, 0.15) is 0 Å². The summed E-state index contributed by atoms with van der Waals surface area (Å²) < 4.78 is 19.7. The summed E-state index contributed by atoms with van der Waals surface area (Å²) in [5, 5.41) is 0. The number of ether oxygens (including phenoxy) is 1. The van der Waals surface area contributed by atoms with Gasteiger partial charge >= 0.3 is 5.97 Å². The number of fused-ring (bicyclic) bond motifs is 4. The summed E-state index contributed by atoms with van der Waals surface area (Å²) in [6, 6.07) is 0. The molecule has 0 aromatic rings. The van der Waals surface area contributed by atoms with Crippen molar-refractivity contribution in [1.82, 2.24) is 0 Å². The average Bonchev–Trinajstić information content (AvgIpc) is 3.26. The summed E-state index contributed by atoms with van der Waals surface area (Å²) in [4.78, 5) is 11.9. The number of rotatable bonds is 4. The molecular formula is C18H27FO2. The number of hydrogen-bond acceptors (Lipinski definition) is 2. The molecule has 3 heteroatoms. The molecule has 0 aromatic carbocycles. The Morgan fingerprint density at radius 3 is 1.81 bits per heavy atom. The van der Waals surface area contributed by atoms with E-state index in [9.17, 15) is 9.18 Å². The van der Waals surface area contributed by atoms with Gasteiger partial charge in [-0.15, -0.1) is 0 Å². The standard InChI is InChI=1S/C18H27FO2/c1-21-18(20)17(19)16(14-8-10-2-4-12(14)6-10)15-9-11-3-5-13(15)7-11/h10-17H,2-9H2,1H3. The minimum absolute atomic E-state index is 0.0527. The van der Waals surface area contributed by atoms with Crippen molar-refractivity contribution in [3.63, 3.8) is 0 Å². The van der Waals surface area contributed by atoms with Crippen molar-refractivity contribution in [2.24, 2.45) is 41.4 Å².